The van der Waals surface area contributed by atoms with Gasteiger partial charge < -0.3 is 9.50 Å². The Bertz CT molecular complexity index is 287. The van der Waals surface area contributed by atoms with E-state index < -0.39 is 0 Å². The van der Waals surface area contributed by atoms with Gasteiger partial charge in [0.15, 0.2) is 0 Å². The minimum atomic E-state index is 0. The van der Waals surface area contributed by atoms with E-state index in [0.717, 1.165) is 5.65 Å². The second kappa shape index (κ2) is 1.85. The van der Waals surface area contributed by atoms with Gasteiger partial charge in [0.05, 0.1) is 0 Å². The van der Waals surface area contributed by atoms with Crippen LogP contribution in [0.15, 0.2) is 24.5 Å². The molecule has 0 N–H and O–H groups in total. The summed E-state index contributed by atoms with van der Waals surface area (Å²) in [7, 11) is 0. The van der Waals surface area contributed by atoms with Crippen LogP contribution in [0.2, 0.25) is 0 Å². The monoisotopic (exact) mass is 385 g/mol. The maximum absolute atomic E-state index is 4.01. The van der Waals surface area contributed by atoms with Crippen LogP contribution in [0.3, 0.4) is 0 Å². The van der Waals surface area contributed by atoms with Gasteiger partial charge in [-0.25, -0.2) is 0 Å². The van der Waals surface area contributed by atoms with E-state index in [1.165, 1.54) is 0 Å². The first-order chi connectivity index (χ1) is 4.47. The van der Waals surface area contributed by atoms with E-state index in [4.69, 9.17) is 0 Å². The molecule has 0 unspecified atom stereocenters. The van der Waals surface area contributed by atoms with Gasteiger partial charge in [-0.05, 0) is 6.07 Å². The van der Waals surface area contributed by atoms with E-state index >= 15 is 0 Å². The average molecular weight is 385 g/mol. The molecule has 0 atom stereocenters. The van der Waals surface area contributed by atoms with Crippen molar-refractivity contribution in [1.29, 1.82) is 0 Å². The molecule has 0 aliphatic rings. The van der Waals surface area contributed by atoms with Crippen LogP contribution < -0.4 is 0 Å². The summed E-state index contributed by atoms with van der Waals surface area (Å²) in [5.74, 6) is 0. The van der Waals surface area contributed by atoms with Crippen molar-refractivity contribution in [2.45, 2.75) is 0 Å². The van der Waals surface area contributed by atoms with Crippen LogP contribution in [0, 0.1) is 6.20 Å². The zero-order chi connectivity index (χ0) is 6.10. The number of hydrogen-bond donors (Lipinski definition) is 0. The summed E-state index contributed by atoms with van der Waals surface area (Å²) in [4.78, 5) is 4.01. The van der Waals surface area contributed by atoms with Crippen molar-refractivity contribution in [3.8, 4) is 0 Å². The molecule has 0 fully saturated rings. The molecule has 2 aromatic rings. The summed E-state index contributed by atoms with van der Waals surface area (Å²) in [6.45, 7) is 0. The standard InChI is InChI=1S/C6H4N3.Rf/c1-3-7-6-2-4-8-9(6)5-1;/h1-3,5H;/q-1;. The quantitative estimate of drug-likeness (QED) is 0.620. The minimum absolute atomic E-state index is 0. The van der Waals surface area contributed by atoms with Gasteiger partial charge in [0.25, 0.3) is 0 Å². The fourth-order valence-electron chi connectivity index (χ4n) is 0.712. The Kier molecular flexibility index (Phi) is 1.07. The fraction of sp³-hybridized carbons (Fsp3) is 0. The number of aromatic nitrogens is 3. The molecule has 0 radical (unpaired) electrons. The first-order valence-electron chi connectivity index (χ1n) is 2.63. The van der Waals surface area contributed by atoms with Gasteiger partial charge in [-0.2, -0.15) is 6.07 Å². The van der Waals surface area contributed by atoms with Gasteiger partial charge in [0.2, 0.25) is 0 Å². The summed E-state index contributed by atoms with van der Waals surface area (Å²) in [5.41, 5.74) is 0.831. The van der Waals surface area contributed by atoms with Crippen molar-refractivity contribution in [2.75, 3.05) is 0 Å². The SMILES string of the molecule is [Rf].[c-]1cc2ncccn2n1. The number of hydrogen-bond acceptors (Lipinski definition) is 2. The smallest absolute Gasteiger partial charge is 0.0100 e. The normalized spacial score (nSPS) is 9.20. The molecule has 0 aliphatic carbocycles. The van der Waals surface area contributed by atoms with Crippen LogP contribution in [0.4, 0.5) is 0 Å². The van der Waals surface area contributed by atoms with Gasteiger partial charge in [-0.15, -0.1) is 6.20 Å². The Morgan fingerprint density at radius 3 is 3.20 bits per heavy atom. The van der Waals surface area contributed by atoms with Crippen molar-refractivity contribution in [3.05, 3.63) is 30.7 Å². The van der Waals surface area contributed by atoms with E-state index in [1.54, 1.807) is 16.8 Å². The van der Waals surface area contributed by atoms with Crippen LogP contribution in [0.1, 0.15) is 0 Å². The van der Waals surface area contributed by atoms with Crippen molar-refractivity contribution >= 4 is 5.65 Å². The third-order valence-electron chi connectivity index (χ3n) is 1.11. The molecule has 2 rings (SSSR count). The van der Waals surface area contributed by atoms with Gasteiger partial charge in [-0.1, -0.05) is 0 Å². The van der Waals surface area contributed by atoms with Crippen LogP contribution in [-0.2, 0) is 0 Å². The van der Waals surface area contributed by atoms with Crippen molar-refractivity contribution in [1.82, 2.24) is 14.6 Å². The zero-order valence-electron chi connectivity index (χ0n) is 5.36. The van der Waals surface area contributed by atoms with Gasteiger partial charge in [0, 0.05) is 18.0 Å². The maximum Gasteiger partial charge on any atom is 0.0100 e. The topological polar surface area (TPSA) is 30.2 Å². The summed E-state index contributed by atoms with van der Waals surface area (Å²) in [6.07, 6.45) is 6.25. The molecular formula is C6H4N3Rf-. The Morgan fingerprint density at radius 2 is 2.40 bits per heavy atom. The van der Waals surface area contributed by atoms with Crippen LogP contribution in [0.5, 0.6) is 0 Å². The van der Waals surface area contributed by atoms with E-state index in [9.17, 15) is 0 Å². The van der Waals surface area contributed by atoms with E-state index in [-0.39, 0.29) is 0 Å². The van der Waals surface area contributed by atoms with Crippen LogP contribution in [0.25, 0.3) is 5.65 Å². The average Bonchev–Trinajstić information content (AvgIpc) is 2.33. The molecule has 0 bridgehead atoms. The Morgan fingerprint density at radius 1 is 1.50 bits per heavy atom. The number of fused-ring (bicyclic) bond motifs is 1. The Balaban J connectivity index is 0.000000500. The summed E-state index contributed by atoms with van der Waals surface area (Å²) < 4.78 is 1.67. The molecular weight excluding hydrogens is 381 g/mol. The van der Waals surface area contributed by atoms with E-state index in [0.29, 0.717) is 0 Å². The molecule has 4 heteroatoms. The largest absolute Gasteiger partial charge is 0.332 e. The van der Waals surface area contributed by atoms with Crippen molar-refractivity contribution < 1.29 is 0 Å². The first-order valence-corrected chi connectivity index (χ1v) is 2.63. The summed E-state index contributed by atoms with van der Waals surface area (Å²) in [6, 6.07) is 3.56. The van der Waals surface area contributed by atoms with Crippen molar-refractivity contribution in [2.24, 2.45) is 0 Å². The second-order valence-electron chi connectivity index (χ2n) is 1.70. The third kappa shape index (κ3) is 0.561. The van der Waals surface area contributed by atoms with Gasteiger partial charge in [-0.3, -0.25) is 5.10 Å². The maximum atomic E-state index is 4.01. The zero-order valence-corrected chi connectivity index (χ0v) is 11.8. The third-order valence-corrected chi connectivity index (χ3v) is 1.11. The van der Waals surface area contributed by atoms with E-state index in [2.05, 4.69) is 16.3 Å². The molecule has 46 valence electrons. The molecule has 0 saturated heterocycles. The molecule has 3 nitrogen and oxygen atoms in total. The molecule has 0 aliphatic heterocycles. The van der Waals surface area contributed by atoms with Crippen LogP contribution in [-0.4, -0.2) is 14.6 Å². The molecule has 2 aromatic heterocycles. The first kappa shape index (κ1) is 5.75. The Labute approximate surface area is 52.0 Å². The van der Waals surface area contributed by atoms with Crippen molar-refractivity contribution in [3.63, 3.8) is 0 Å². The van der Waals surface area contributed by atoms with Crippen LogP contribution >= 0.6 is 0 Å². The number of rotatable bonds is 0. The molecule has 2 heterocycles. The predicted octanol–water partition coefficient (Wildman–Crippen LogP) is 0.529. The minimum Gasteiger partial charge on any atom is -0.332 e. The summed E-state index contributed by atoms with van der Waals surface area (Å²) >= 11 is 0. The van der Waals surface area contributed by atoms with E-state index in [1.807, 2.05) is 12.3 Å². The molecule has 0 aromatic carbocycles. The summed E-state index contributed by atoms with van der Waals surface area (Å²) in [5, 5.41) is 3.85. The molecule has 0 amide bonds. The van der Waals surface area contributed by atoms with Gasteiger partial charge in [0.1, 0.15) is 0 Å². The Hall–Kier alpha value is -2.38. The fourth-order valence-corrected chi connectivity index (χ4v) is 0.712. The molecule has 0 spiro atoms. The second-order valence-corrected chi connectivity index (χ2v) is 1.70. The molecule has 0 saturated carbocycles. The molecule has 10 heavy (non-hydrogen) atoms. The number of nitrogens with zero attached hydrogens (tertiary/aromatic N) is 3. The van der Waals surface area contributed by atoms with Gasteiger partial charge >= 0.3 is 0 Å². The predicted molar refractivity (Wildman–Crippen MR) is 31.8 cm³/mol.